The van der Waals surface area contributed by atoms with Crippen molar-refractivity contribution in [2.24, 2.45) is 0 Å². The zero-order valence-electron chi connectivity index (χ0n) is 14.7. The first kappa shape index (κ1) is 18.1. The molecule has 0 saturated carbocycles. The molecular formula is C20H22FN3O2. The molecule has 3 rings (SSSR count). The van der Waals surface area contributed by atoms with Crippen molar-refractivity contribution in [3.8, 4) is 0 Å². The Morgan fingerprint density at radius 2 is 2.00 bits per heavy atom. The molecule has 1 N–H and O–H groups in total. The van der Waals surface area contributed by atoms with Gasteiger partial charge in [-0.15, -0.1) is 0 Å². The fraction of sp³-hybridized carbons (Fsp3) is 0.300. The van der Waals surface area contributed by atoms with Gasteiger partial charge in [0.15, 0.2) is 0 Å². The van der Waals surface area contributed by atoms with Crippen LogP contribution in [-0.4, -0.2) is 36.9 Å². The number of halogens is 1. The number of hydrogen-bond acceptors (Lipinski definition) is 3. The van der Waals surface area contributed by atoms with Crippen LogP contribution in [0.5, 0.6) is 0 Å². The lowest BCUT2D eigenvalue weighted by Gasteiger charge is -2.18. The largest absolute Gasteiger partial charge is 0.325 e. The molecule has 0 unspecified atom stereocenters. The highest BCUT2D eigenvalue weighted by Gasteiger charge is 2.21. The van der Waals surface area contributed by atoms with Crippen LogP contribution in [0.2, 0.25) is 0 Å². The molecule has 1 heterocycles. The lowest BCUT2D eigenvalue weighted by Crippen LogP contribution is -2.29. The third kappa shape index (κ3) is 4.67. The van der Waals surface area contributed by atoms with Gasteiger partial charge in [-0.05, 0) is 55.4 Å². The lowest BCUT2D eigenvalue weighted by molar-refractivity contribution is -0.117. The van der Waals surface area contributed by atoms with Crippen LogP contribution in [0.3, 0.4) is 0 Å². The lowest BCUT2D eigenvalue weighted by atomic mass is 10.2. The maximum atomic E-state index is 13.2. The number of carbonyl (C=O) groups is 2. The van der Waals surface area contributed by atoms with E-state index in [1.807, 2.05) is 30.1 Å². The zero-order chi connectivity index (χ0) is 18.5. The minimum atomic E-state index is -0.281. The third-order valence-electron chi connectivity index (χ3n) is 4.29. The molecule has 0 aromatic heterocycles. The molecule has 6 heteroatoms. The Kier molecular flexibility index (Phi) is 5.63. The van der Waals surface area contributed by atoms with Gasteiger partial charge in [-0.1, -0.05) is 12.1 Å². The number of rotatable bonds is 6. The number of hydrogen-bond donors (Lipinski definition) is 1. The number of nitrogens with zero attached hydrogens (tertiary/aromatic N) is 2. The summed E-state index contributed by atoms with van der Waals surface area (Å²) in [5.74, 6) is -0.286. The SMILES string of the molecule is CN(CC(=O)Nc1ccc(N2CCCC2=O)cc1)Cc1cccc(F)c1. The van der Waals surface area contributed by atoms with E-state index in [0.717, 1.165) is 24.2 Å². The topological polar surface area (TPSA) is 52.7 Å². The summed E-state index contributed by atoms with van der Waals surface area (Å²) in [6.07, 6.45) is 1.48. The molecule has 1 saturated heterocycles. The van der Waals surface area contributed by atoms with Gasteiger partial charge in [-0.25, -0.2) is 4.39 Å². The zero-order valence-corrected chi connectivity index (χ0v) is 14.7. The molecule has 0 aliphatic carbocycles. The number of likely N-dealkylation sites (N-methyl/N-ethyl adjacent to an activating group) is 1. The van der Waals surface area contributed by atoms with Crippen LogP contribution in [0.15, 0.2) is 48.5 Å². The Morgan fingerprint density at radius 1 is 1.23 bits per heavy atom. The molecule has 2 amide bonds. The summed E-state index contributed by atoms with van der Waals surface area (Å²) in [7, 11) is 1.81. The number of benzene rings is 2. The van der Waals surface area contributed by atoms with Crippen molar-refractivity contribution in [2.45, 2.75) is 19.4 Å². The molecular weight excluding hydrogens is 333 g/mol. The van der Waals surface area contributed by atoms with Crippen LogP contribution in [0.25, 0.3) is 0 Å². The highest BCUT2D eigenvalue weighted by atomic mass is 19.1. The standard InChI is InChI=1S/C20H22FN3O2/c1-23(13-15-4-2-5-16(21)12-15)14-19(25)22-17-7-9-18(10-8-17)24-11-3-6-20(24)26/h2,4-5,7-10,12H,3,6,11,13-14H2,1H3,(H,22,25). The van der Waals surface area contributed by atoms with Gasteiger partial charge in [0.1, 0.15) is 5.82 Å². The molecule has 1 fully saturated rings. The van der Waals surface area contributed by atoms with E-state index in [1.165, 1.54) is 12.1 Å². The molecule has 0 radical (unpaired) electrons. The Hall–Kier alpha value is -2.73. The average molecular weight is 355 g/mol. The predicted octanol–water partition coefficient (Wildman–Crippen LogP) is 3.02. The molecule has 26 heavy (non-hydrogen) atoms. The monoisotopic (exact) mass is 355 g/mol. The van der Waals surface area contributed by atoms with Crippen molar-refractivity contribution < 1.29 is 14.0 Å². The highest BCUT2D eigenvalue weighted by Crippen LogP contribution is 2.23. The first-order valence-corrected chi connectivity index (χ1v) is 8.64. The summed E-state index contributed by atoms with van der Waals surface area (Å²) < 4.78 is 13.2. The number of nitrogens with one attached hydrogen (secondary N) is 1. The van der Waals surface area contributed by atoms with Crippen LogP contribution in [0.1, 0.15) is 18.4 Å². The second-order valence-electron chi connectivity index (χ2n) is 6.55. The molecule has 1 aliphatic heterocycles. The fourth-order valence-corrected chi connectivity index (χ4v) is 3.09. The normalized spacial score (nSPS) is 14.1. The van der Waals surface area contributed by atoms with Crippen molar-refractivity contribution >= 4 is 23.2 Å². The van der Waals surface area contributed by atoms with Crippen LogP contribution >= 0.6 is 0 Å². The van der Waals surface area contributed by atoms with E-state index < -0.39 is 0 Å². The maximum absolute atomic E-state index is 13.2. The van der Waals surface area contributed by atoms with Gasteiger partial charge in [-0.3, -0.25) is 14.5 Å². The van der Waals surface area contributed by atoms with Crippen LogP contribution < -0.4 is 10.2 Å². The maximum Gasteiger partial charge on any atom is 0.238 e. The second-order valence-corrected chi connectivity index (χ2v) is 6.55. The molecule has 0 bridgehead atoms. The van der Waals surface area contributed by atoms with Crippen molar-refractivity contribution in [3.05, 3.63) is 59.9 Å². The van der Waals surface area contributed by atoms with Gasteiger partial charge in [0.2, 0.25) is 11.8 Å². The Balaban J connectivity index is 1.52. The van der Waals surface area contributed by atoms with E-state index in [1.54, 1.807) is 23.1 Å². The molecule has 0 atom stereocenters. The number of amides is 2. The Bertz CT molecular complexity index is 792. The summed E-state index contributed by atoms with van der Waals surface area (Å²) in [6.45, 7) is 1.43. The van der Waals surface area contributed by atoms with Crippen molar-refractivity contribution in [1.82, 2.24) is 4.90 Å². The van der Waals surface area contributed by atoms with E-state index in [9.17, 15) is 14.0 Å². The van der Waals surface area contributed by atoms with Crippen LogP contribution in [0.4, 0.5) is 15.8 Å². The molecule has 0 spiro atoms. The predicted molar refractivity (Wildman–Crippen MR) is 99.4 cm³/mol. The summed E-state index contributed by atoms with van der Waals surface area (Å²) in [5.41, 5.74) is 2.36. The molecule has 136 valence electrons. The van der Waals surface area contributed by atoms with E-state index >= 15 is 0 Å². The van der Waals surface area contributed by atoms with E-state index in [-0.39, 0.29) is 24.2 Å². The van der Waals surface area contributed by atoms with Gasteiger partial charge in [0.25, 0.3) is 0 Å². The van der Waals surface area contributed by atoms with Gasteiger partial charge in [0, 0.05) is 30.9 Å². The second kappa shape index (κ2) is 8.10. The summed E-state index contributed by atoms with van der Waals surface area (Å²) in [5, 5.41) is 2.84. The first-order chi connectivity index (χ1) is 12.5. The van der Waals surface area contributed by atoms with Crippen molar-refractivity contribution in [3.63, 3.8) is 0 Å². The summed E-state index contributed by atoms with van der Waals surface area (Å²) >= 11 is 0. The van der Waals surface area contributed by atoms with Crippen LogP contribution in [-0.2, 0) is 16.1 Å². The van der Waals surface area contributed by atoms with E-state index in [0.29, 0.717) is 18.7 Å². The van der Waals surface area contributed by atoms with Gasteiger partial charge >= 0.3 is 0 Å². The minimum Gasteiger partial charge on any atom is -0.325 e. The molecule has 2 aromatic rings. The van der Waals surface area contributed by atoms with Gasteiger partial charge in [0.05, 0.1) is 6.54 Å². The fourth-order valence-electron chi connectivity index (χ4n) is 3.09. The van der Waals surface area contributed by atoms with Crippen molar-refractivity contribution in [1.29, 1.82) is 0 Å². The minimum absolute atomic E-state index is 0.140. The smallest absolute Gasteiger partial charge is 0.238 e. The Morgan fingerprint density at radius 3 is 2.65 bits per heavy atom. The number of anilines is 2. The summed E-state index contributed by atoms with van der Waals surface area (Å²) in [6, 6.07) is 13.6. The average Bonchev–Trinajstić information content (AvgIpc) is 3.01. The van der Waals surface area contributed by atoms with Crippen molar-refractivity contribution in [2.75, 3.05) is 30.4 Å². The van der Waals surface area contributed by atoms with E-state index in [2.05, 4.69) is 5.32 Å². The molecule has 2 aromatic carbocycles. The third-order valence-corrected chi connectivity index (χ3v) is 4.29. The summed E-state index contributed by atoms with van der Waals surface area (Å²) in [4.78, 5) is 27.5. The van der Waals surface area contributed by atoms with E-state index in [4.69, 9.17) is 0 Å². The van der Waals surface area contributed by atoms with Gasteiger partial charge < -0.3 is 10.2 Å². The van der Waals surface area contributed by atoms with Gasteiger partial charge in [-0.2, -0.15) is 0 Å². The number of carbonyl (C=O) groups excluding carboxylic acids is 2. The first-order valence-electron chi connectivity index (χ1n) is 8.64. The molecule has 1 aliphatic rings. The Labute approximate surface area is 152 Å². The van der Waals surface area contributed by atoms with Crippen LogP contribution in [0, 0.1) is 5.82 Å². The highest BCUT2D eigenvalue weighted by molar-refractivity contribution is 5.96. The quantitative estimate of drug-likeness (QED) is 0.867. The molecule has 5 nitrogen and oxygen atoms in total.